The molecule has 0 saturated heterocycles. The molecule has 3 aromatic rings. The van der Waals surface area contributed by atoms with Crippen LogP contribution in [0.3, 0.4) is 0 Å². The number of para-hydroxylation sites is 4. The van der Waals surface area contributed by atoms with Crippen LogP contribution in [0.2, 0.25) is 0 Å². The first-order valence-electron chi connectivity index (χ1n) is 12.7. The molecule has 11 heteroatoms. The molecule has 11 nitrogen and oxygen atoms in total. The van der Waals surface area contributed by atoms with Gasteiger partial charge in [-0.3, -0.25) is 4.79 Å². The molecule has 0 atom stereocenters. The Bertz CT molecular complexity index is 1210. The predicted octanol–water partition coefficient (Wildman–Crippen LogP) is 4.75. The Morgan fingerprint density at radius 1 is 0.846 bits per heavy atom. The molecule has 0 aliphatic carbocycles. The maximum atomic E-state index is 11.7. The molecule has 3 rings (SSSR count). The summed E-state index contributed by atoms with van der Waals surface area (Å²) in [6.07, 6.45) is -0.144. The second kappa shape index (κ2) is 14.0. The van der Waals surface area contributed by atoms with E-state index in [-0.39, 0.29) is 18.9 Å². The van der Waals surface area contributed by atoms with Gasteiger partial charge in [0.25, 0.3) is 0 Å². The maximum absolute atomic E-state index is 11.7. The average Bonchev–Trinajstić information content (AvgIpc) is 3.21. The summed E-state index contributed by atoms with van der Waals surface area (Å²) in [6, 6.07) is 14.8. The third kappa shape index (κ3) is 12.7. The summed E-state index contributed by atoms with van der Waals surface area (Å²) in [5.74, 6) is 0.635. The maximum Gasteiger partial charge on any atom is 0.407 e. The highest BCUT2D eigenvalue weighted by molar-refractivity contribution is 5.94. The Kier molecular flexibility index (Phi) is 11.1. The van der Waals surface area contributed by atoms with Gasteiger partial charge in [0.1, 0.15) is 17.0 Å². The predicted molar refractivity (Wildman–Crippen MR) is 152 cm³/mol. The number of rotatable bonds is 7. The van der Waals surface area contributed by atoms with Crippen LogP contribution in [0, 0.1) is 0 Å². The second-order valence-electron chi connectivity index (χ2n) is 10.7. The first-order valence-corrected chi connectivity index (χ1v) is 12.7. The molecule has 0 saturated carbocycles. The smallest absolute Gasteiger partial charge is 0.407 e. The summed E-state index contributed by atoms with van der Waals surface area (Å²) in [6.45, 7) is 11.5. The van der Waals surface area contributed by atoms with Crippen LogP contribution in [0.5, 0.6) is 0 Å². The molecule has 39 heavy (non-hydrogen) atoms. The minimum Gasteiger partial charge on any atom is -0.444 e. The number of H-pyrrole nitrogens is 1. The highest BCUT2D eigenvalue weighted by atomic mass is 16.6. The van der Waals surface area contributed by atoms with Gasteiger partial charge in [-0.1, -0.05) is 24.3 Å². The number of aromatic nitrogens is 2. The number of nitrogens with one attached hydrogen (secondary N) is 4. The number of hydrogen-bond donors (Lipinski definition) is 5. The molecule has 0 unspecified atom stereocenters. The summed E-state index contributed by atoms with van der Waals surface area (Å²) in [7, 11) is 0. The van der Waals surface area contributed by atoms with Crippen molar-refractivity contribution in [3.05, 3.63) is 54.4 Å². The minimum absolute atomic E-state index is 0.146. The van der Waals surface area contributed by atoms with Crippen LogP contribution in [0.25, 0.3) is 11.0 Å². The lowest BCUT2D eigenvalue weighted by atomic mass is 10.2. The van der Waals surface area contributed by atoms with Crippen LogP contribution < -0.4 is 21.7 Å². The average molecular weight is 541 g/mol. The number of imidazole rings is 1. The molecule has 0 bridgehead atoms. The van der Waals surface area contributed by atoms with Gasteiger partial charge in [0, 0.05) is 25.9 Å². The number of benzene rings is 2. The summed E-state index contributed by atoms with van der Waals surface area (Å²) in [4.78, 5) is 42.1. The lowest BCUT2D eigenvalue weighted by Crippen LogP contribution is -2.34. The fourth-order valence-corrected chi connectivity index (χ4v) is 3.14. The van der Waals surface area contributed by atoms with Gasteiger partial charge >= 0.3 is 12.2 Å². The van der Waals surface area contributed by atoms with Crippen molar-refractivity contribution in [1.29, 1.82) is 0 Å². The first-order chi connectivity index (χ1) is 18.2. The summed E-state index contributed by atoms with van der Waals surface area (Å²) in [5.41, 5.74) is 7.71. The van der Waals surface area contributed by atoms with Gasteiger partial charge in [0.2, 0.25) is 5.91 Å². The van der Waals surface area contributed by atoms with Gasteiger partial charge in [0.05, 0.1) is 22.4 Å². The van der Waals surface area contributed by atoms with Gasteiger partial charge in [-0.2, -0.15) is 0 Å². The SMILES string of the molecule is CC(C)(C)OC(=O)NCCC(=O)Nc1ccccc1N.CC(C)(C)OC(=O)NCCc1nc2ccccc2[nH]1. The Balaban J connectivity index is 0.000000274. The van der Waals surface area contributed by atoms with Gasteiger partial charge in [-0.05, 0) is 65.8 Å². The van der Waals surface area contributed by atoms with E-state index in [2.05, 4.69) is 25.9 Å². The molecule has 0 radical (unpaired) electrons. The van der Waals surface area contributed by atoms with Crippen molar-refractivity contribution in [3.8, 4) is 0 Å². The van der Waals surface area contributed by atoms with Crippen molar-refractivity contribution in [2.45, 2.75) is 65.6 Å². The summed E-state index contributed by atoms with van der Waals surface area (Å²) < 4.78 is 10.2. The van der Waals surface area contributed by atoms with Crippen LogP contribution in [0.15, 0.2) is 48.5 Å². The van der Waals surface area contributed by atoms with E-state index in [1.54, 1.807) is 45.0 Å². The number of nitrogen functional groups attached to an aromatic ring is 1. The molecule has 6 N–H and O–H groups in total. The number of fused-ring (bicyclic) bond motifs is 1. The molecule has 0 fully saturated rings. The van der Waals surface area contributed by atoms with E-state index in [1.165, 1.54) is 0 Å². The van der Waals surface area contributed by atoms with Gasteiger partial charge in [-0.15, -0.1) is 0 Å². The summed E-state index contributed by atoms with van der Waals surface area (Å²) >= 11 is 0. The zero-order valence-electron chi connectivity index (χ0n) is 23.5. The van der Waals surface area contributed by atoms with E-state index in [0.717, 1.165) is 16.9 Å². The number of nitrogens with zero attached hydrogens (tertiary/aromatic N) is 1. The summed E-state index contributed by atoms with van der Waals surface area (Å²) in [5, 5.41) is 7.90. The molecular formula is C28H40N6O5. The van der Waals surface area contributed by atoms with Gasteiger partial charge < -0.3 is 36.1 Å². The highest BCUT2D eigenvalue weighted by Crippen LogP contribution is 2.16. The second-order valence-corrected chi connectivity index (χ2v) is 10.7. The lowest BCUT2D eigenvalue weighted by Gasteiger charge is -2.19. The Labute approximate surface area is 229 Å². The van der Waals surface area contributed by atoms with Gasteiger partial charge in [-0.25, -0.2) is 14.6 Å². The largest absolute Gasteiger partial charge is 0.444 e. The van der Waals surface area contributed by atoms with Crippen LogP contribution in [-0.2, 0) is 20.7 Å². The number of nitrogens with two attached hydrogens (primary N) is 1. The number of alkyl carbamates (subject to hydrolysis) is 2. The van der Waals surface area contributed by atoms with Crippen molar-refractivity contribution in [2.75, 3.05) is 24.1 Å². The molecule has 3 amide bonds. The fourth-order valence-electron chi connectivity index (χ4n) is 3.14. The normalized spacial score (nSPS) is 11.1. The fraction of sp³-hybridized carbons (Fsp3) is 0.429. The quantitative estimate of drug-likeness (QED) is 0.270. The van der Waals surface area contributed by atoms with Crippen molar-refractivity contribution >= 4 is 40.5 Å². The molecule has 1 aromatic heterocycles. The van der Waals surface area contributed by atoms with Crippen LogP contribution in [0.1, 0.15) is 53.8 Å². The molecule has 0 aliphatic heterocycles. The number of carbonyl (C=O) groups is 3. The molecule has 212 valence electrons. The van der Waals surface area contributed by atoms with Crippen LogP contribution >= 0.6 is 0 Å². The highest BCUT2D eigenvalue weighted by Gasteiger charge is 2.16. The monoisotopic (exact) mass is 540 g/mol. The third-order valence-electron chi connectivity index (χ3n) is 4.72. The molecule has 0 spiro atoms. The zero-order valence-corrected chi connectivity index (χ0v) is 23.5. The number of carbonyl (C=O) groups excluding carboxylic acids is 3. The Morgan fingerprint density at radius 2 is 1.41 bits per heavy atom. The van der Waals surface area contributed by atoms with Crippen molar-refractivity contribution in [1.82, 2.24) is 20.6 Å². The number of ether oxygens (including phenoxy) is 2. The van der Waals surface area contributed by atoms with Crippen molar-refractivity contribution < 1.29 is 23.9 Å². The number of anilines is 2. The van der Waals surface area contributed by atoms with E-state index in [4.69, 9.17) is 15.2 Å². The van der Waals surface area contributed by atoms with E-state index in [0.29, 0.717) is 24.3 Å². The van der Waals surface area contributed by atoms with E-state index in [9.17, 15) is 14.4 Å². The molecular weight excluding hydrogens is 500 g/mol. The van der Waals surface area contributed by atoms with Crippen LogP contribution in [-0.4, -0.2) is 52.4 Å². The lowest BCUT2D eigenvalue weighted by molar-refractivity contribution is -0.116. The van der Waals surface area contributed by atoms with E-state index < -0.39 is 23.4 Å². The topological polar surface area (TPSA) is 160 Å². The Hall–Kier alpha value is -4.28. The van der Waals surface area contributed by atoms with E-state index >= 15 is 0 Å². The van der Waals surface area contributed by atoms with Crippen molar-refractivity contribution in [3.63, 3.8) is 0 Å². The molecule has 1 heterocycles. The zero-order chi connectivity index (χ0) is 29.1. The number of amides is 3. The van der Waals surface area contributed by atoms with Crippen molar-refractivity contribution in [2.24, 2.45) is 0 Å². The Morgan fingerprint density at radius 3 is 2.00 bits per heavy atom. The molecule has 2 aromatic carbocycles. The standard InChI is InChI=1S/C14H21N3O3.C14H19N3O2/c1-14(2,3)20-13(19)16-9-8-12(18)17-11-7-5-4-6-10(11)15;1-14(2,3)19-13(18)15-9-8-12-16-10-6-4-5-7-11(10)17-12/h4-7H,8-9,15H2,1-3H3,(H,16,19)(H,17,18);4-7H,8-9H2,1-3H3,(H,15,18)(H,16,17). The van der Waals surface area contributed by atoms with Gasteiger partial charge in [0.15, 0.2) is 0 Å². The minimum atomic E-state index is -0.551. The number of aromatic amines is 1. The third-order valence-corrected chi connectivity index (χ3v) is 4.72. The number of hydrogen-bond acceptors (Lipinski definition) is 7. The van der Waals surface area contributed by atoms with E-state index in [1.807, 2.05) is 45.0 Å². The molecule has 0 aliphatic rings. The van der Waals surface area contributed by atoms with Crippen LogP contribution in [0.4, 0.5) is 21.0 Å². The first kappa shape index (κ1) is 30.9.